The van der Waals surface area contributed by atoms with Gasteiger partial charge in [0.25, 0.3) is 5.69 Å². The maximum Gasteiger partial charge on any atom is 0.420 e. The Morgan fingerprint density at radius 3 is 2.15 bits per heavy atom. The van der Waals surface area contributed by atoms with Crippen molar-refractivity contribution in [3.63, 3.8) is 0 Å². The van der Waals surface area contributed by atoms with Crippen LogP contribution in [0.5, 0.6) is 0 Å². The number of benzene rings is 1. The zero-order valence-corrected chi connectivity index (χ0v) is 19.7. The molecule has 1 aromatic rings. The topological polar surface area (TPSA) is 152 Å². The standard InChI is InChI=1S/C20H26N2O10S/c1-20(2,3)32-19(26)21(15(17(24)30-5)11-33-12-16(23)29-4)18(25)31-10-13-6-8-14(9-7-13)22(27)28/h6-9,15H,10-12H2,1-5H3/t15-/m0/s1. The first kappa shape index (κ1) is 27.7. The maximum absolute atomic E-state index is 12.8. The van der Waals surface area contributed by atoms with Crippen molar-refractivity contribution < 1.29 is 43.0 Å². The highest BCUT2D eigenvalue weighted by molar-refractivity contribution is 8.00. The number of nitro groups is 1. The third-order valence-corrected chi connectivity index (χ3v) is 4.80. The van der Waals surface area contributed by atoms with Crippen LogP contribution in [0.3, 0.4) is 0 Å². The number of hydrogen-bond donors (Lipinski definition) is 0. The highest BCUT2D eigenvalue weighted by Gasteiger charge is 2.39. The molecule has 0 fully saturated rings. The van der Waals surface area contributed by atoms with Crippen LogP contribution in [0.1, 0.15) is 26.3 Å². The van der Waals surface area contributed by atoms with Crippen LogP contribution in [0.2, 0.25) is 0 Å². The zero-order valence-electron chi connectivity index (χ0n) is 18.9. The normalized spacial score (nSPS) is 11.7. The molecule has 0 radical (unpaired) electrons. The quantitative estimate of drug-likeness (QED) is 0.219. The lowest BCUT2D eigenvalue weighted by atomic mass is 10.2. The molecule has 0 aliphatic rings. The van der Waals surface area contributed by atoms with Crippen molar-refractivity contribution in [3.8, 4) is 0 Å². The van der Waals surface area contributed by atoms with E-state index in [0.717, 1.165) is 18.9 Å². The van der Waals surface area contributed by atoms with Crippen molar-refractivity contribution in [3.05, 3.63) is 39.9 Å². The molecule has 0 N–H and O–H groups in total. The Bertz CT molecular complexity index is 867. The number of esters is 2. The van der Waals surface area contributed by atoms with E-state index < -0.39 is 40.7 Å². The Morgan fingerprint density at radius 2 is 1.67 bits per heavy atom. The van der Waals surface area contributed by atoms with Crippen LogP contribution in [0.15, 0.2) is 24.3 Å². The predicted molar refractivity (Wildman–Crippen MR) is 116 cm³/mol. The summed E-state index contributed by atoms with van der Waals surface area (Å²) in [5.74, 6) is -1.81. The van der Waals surface area contributed by atoms with Gasteiger partial charge in [0.2, 0.25) is 0 Å². The summed E-state index contributed by atoms with van der Waals surface area (Å²) >= 11 is 0.941. The lowest BCUT2D eigenvalue weighted by Crippen LogP contribution is -2.52. The predicted octanol–water partition coefficient (Wildman–Crippen LogP) is 2.92. The minimum absolute atomic E-state index is 0.135. The second-order valence-corrected chi connectivity index (χ2v) is 8.49. The number of non-ortho nitro benzene ring substituents is 1. The van der Waals surface area contributed by atoms with Crippen molar-refractivity contribution in [1.29, 1.82) is 0 Å². The van der Waals surface area contributed by atoms with Crippen LogP contribution in [0, 0.1) is 10.1 Å². The number of nitro benzene ring substituents is 1. The molecular formula is C20H26N2O10S. The number of imide groups is 1. The van der Waals surface area contributed by atoms with Gasteiger partial charge in [-0.25, -0.2) is 14.4 Å². The number of carbonyl (C=O) groups excluding carboxylic acids is 4. The van der Waals surface area contributed by atoms with Crippen LogP contribution in [-0.4, -0.2) is 71.3 Å². The van der Waals surface area contributed by atoms with Gasteiger partial charge >= 0.3 is 24.1 Å². The molecule has 0 heterocycles. The summed E-state index contributed by atoms with van der Waals surface area (Å²) in [4.78, 5) is 60.0. The number of carbonyl (C=O) groups is 4. The molecular weight excluding hydrogens is 460 g/mol. The summed E-state index contributed by atoms with van der Waals surface area (Å²) in [5, 5.41) is 10.8. The number of amides is 2. The lowest BCUT2D eigenvalue weighted by molar-refractivity contribution is -0.384. The molecule has 0 aromatic heterocycles. The number of rotatable bonds is 9. The second-order valence-electron chi connectivity index (χ2n) is 7.46. The van der Waals surface area contributed by atoms with E-state index in [1.54, 1.807) is 20.8 Å². The van der Waals surface area contributed by atoms with Crippen molar-refractivity contribution in [2.45, 2.75) is 39.0 Å². The fraction of sp³-hybridized carbons (Fsp3) is 0.500. The molecule has 0 saturated carbocycles. The van der Waals surface area contributed by atoms with Gasteiger partial charge < -0.3 is 18.9 Å². The lowest BCUT2D eigenvalue weighted by Gasteiger charge is -2.29. The van der Waals surface area contributed by atoms with Gasteiger partial charge in [-0.2, -0.15) is 4.90 Å². The number of ether oxygens (including phenoxy) is 4. The van der Waals surface area contributed by atoms with Crippen molar-refractivity contribution in [1.82, 2.24) is 4.90 Å². The average Bonchev–Trinajstić information content (AvgIpc) is 2.75. The molecule has 0 aliphatic carbocycles. The minimum Gasteiger partial charge on any atom is -0.468 e. The number of thioether (sulfide) groups is 1. The molecule has 1 atom stereocenters. The van der Waals surface area contributed by atoms with Crippen LogP contribution in [0.4, 0.5) is 15.3 Å². The Kier molecular flexibility index (Phi) is 10.6. The van der Waals surface area contributed by atoms with Crippen molar-refractivity contribution >= 4 is 41.6 Å². The van der Waals surface area contributed by atoms with E-state index in [-0.39, 0.29) is 23.8 Å². The largest absolute Gasteiger partial charge is 0.468 e. The summed E-state index contributed by atoms with van der Waals surface area (Å²) in [5.41, 5.74) is -0.727. The Balaban J connectivity index is 3.08. The monoisotopic (exact) mass is 486 g/mol. The first-order chi connectivity index (χ1) is 15.4. The van der Waals surface area contributed by atoms with Crippen LogP contribution in [0.25, 0.3) is 0 Å². The Labute approximate surface area is 194 Å². The average molecular weight is 486 g/mol. The maximum atomic E-state index is 12.8. The van der Waals surface area contributed by atoms with Gasteiger partial charge in [-0.15, -0.1) is 11.8 Å². The molecule has 2 amide bonds. The molecule has 13 heteroatoms. The van der Waals surface area contributed by atoms with E-state index in [1.807, 2.05) is 0 Å². The smallest absolute Gasteiger partial charge is 0.420 e. The number of hydrogen-bond acceptors (Lipinski definition) is 11. The van der Waals surface area contributed by atoms with Gasteiger partial charge in [0.15, 0.2) is 6.04 Å². The Morgan fingerprint density at radius 1 is 1.06 bits per heavy atom. The van der Waals surface area contributed by atoms with E-state index in [2.05, 4.69) is 4.74 Å². The summed E-state index contributed by atoms with van der Waals surface area (Å²) in [6, 6.07) is 3.77. The van der Waals surface area contributed by atoms with Gasteiger partial charge in [0.1, 0.15) is 12.2 Å². The van der Waals surface area contributed by atoms with Crippen molar-refractivity contribution in [2.24, 2.45) is 0 Å². The molecule has 33 heavy (non-hydrogen) atoms. The highest BCUT2D eigenvalue weighted by atomic mass is 32.2. The van der Waals surface area contributed by atoms with Gasteiger partial charge in [-0.05, 0) is 38.5 Å². The van der Waals surface area contributed by atoms with Gasteiger partial charge in [-0.1, -0.05) is 0 Å². The Hall–Kier alpha value is -3.35. The van der Waals surface area contributed by atoms with E-state index in [0.29, 0.717) is 10.5 Å². The summed E-state index contributed by atoms with van der Waals surface area (Å²) in [7, 11) is 2.28. The molecule has 0 saturated heterocycles. The summed E-state index contributed by atoms with van der Waals surface area (Å²) in [6.07, 6.45) is -2.35. The second kappa shape index (κ2) is 12.6. The molecule has 0 spiro atoms. The van der Waals surface area contributed by atoms with E-state index in [4.69, 9.17) is 14.2 Å². The molecule has 1 rings (SSSR count). The van der Waals surface area contributed by atoms with Crippen LogP contribution in [-0.2, 0) is 35.1 Å². The molecule has 12 nitrogen and oxygen atoms in total. The fourth-order valence-corrected chi connectivity index (χ4v) is 3.18. The molecule has 182 valence electrons. The van der Waals surface area contributed by atoms with Gasteiger partial charge in [0.05, 0.1) is 24.9 Å². The summed E-state index contributed by atoms with van der Waals surface area (Å²) in [6.45, 7) is 4.39. The van der Waals surface area contributed by atoms with Crippen molar-refractivity contribution in [2.75, 3.05) is 25.7 Å². The third-order valence-electron chi connectivity index (χ3n) is 3.80. The van der Waals surface area contributed by atoms with Crippen LogP contribution >= 0.6 is 11.8 Å². The fourth-order valence-electron chi connectivity index (χ4n) is 2.27. The van der Waals surface area contributed by atoms with E-state index >= 15 is 0 Å². The number of methoxy groups -OCH3 is 2. The van der Waals surface area contributed by atoms with E-state index in [9.17, 15) is 29.3 Å². The first-order valence-electron chi connectivity index (χ1n) is 9.54. The molecule has 0 unspecified atom stereocenters. The molecule has 0 aliphatic heterocycles. The van der Waals surface area contributed by atoms with Gasteiger partial charge in [0, 0.05) is 17.9 Å². The van der Waals surface area contributed by atoms with E-state index in [1.165, 1.54) is 31.4 Å². The minimum atomic E-state index is -1.45. The molecule has 0 bridgehead atoms. The van der Waals surface area contributed by atoms with Gasteiger partial charge in [-0.3, -0.25) is 14.9 Å². The molecule has 1 aromatic carbocycles. The zero-order chi connectivity index (χ0) is 25.2. The summed E-state index contributed by atoms with van der Waals surface area (Å²) < 4.78 is 19.7. The number of nitrogens with zero attached hydrogens (tertiary/aromatic N) is 2. The highest BCUT2D eigenvalue weighted by Crippen LogP contribution is 2.19. The first-order valence-corrected chi connectivity index (χ1v) is 10.7. The SMILES string of the molecule is COC(=O)CSC[C@@H](C(=O)OC)N(C(=O)OCc1ccc([N+](=O)[O-])cc1)C(=O)OC(C)(C)C. The van der Waals surface area contributed by atoms with Crippen LogP contribution < -0.4 is 0 Å². The third kappa shape index (κ3) is 9.35.